The molecule has 6 heteroatoms. The molecule has 2 fully saturated rings. The van der Waals surface area contributed by atoms with E-state index in [4.69, 9.17) is 22.2 Å². The number of fused-ring (bicyclic) bond motifs is 2. The van der Waals surface area contributed by atoms with E-state index in [1.807, 2.05) is 11.7 Å². The van der Waals surface area contributed by atoms with Crippen molar-refractivity contribution in [2.24, 2.45) is 18.8 Å². The number of ether oxygens (including phenoxy) is 1. The molecule has 2 aliphatic rings. The van der Waals surface area contributed by atoms with Crippen LogP contribution >= 0.6 is 11.6 Å². The Labute approximate surface area is 124 Å². The Morgan fingerprint density at radius 2 is 2.35 bits per heavy atom. The van der Waals surface area contributed by atoms with Gasteiger partial charge >= 0.3 is 0 Å². The summed E-state index contributed by atoms with van der Waals surface area (Å²) in [5.74, 6) is 6.27. The first-order valence-electron chi connectivity index (χ1n) is 7.45. The molecular weight excluding hydrogens is 276 g/mol. The van der Waals surface area contributed by atoms with Crippen LogP contribution in [0.1, 0.15) is 37.6 Å². The van der Waals surface area contributed by atoms with Crippen LogP contribution in [-0.2, 0) is 24.6 Å². The van der Waals surface area contributed by atoms with Crippen LogP contribution in [0.2, 0.25) is 5.02 Å². The Hall–Kier alpha value is -0.620. The summed E-state index contributed by atoms with van der Waals surface area (Å²) in [4.78, 5) is 0. The highest BCUT2D eigenvalue weighted by Crippen LogP contribution is 2.41. The van der Waals surface area contributed by atoms with Gasteiger partial charge in [0.15, 0.2) is 0 Å². The fourth-order valence-corrected chi connectivity index (χ4v) is 4.06. The number of nitrogens with one attached hydrogen (secondary N) is 1. The maximum absolute atomic E-state index is 6.43. The molecule has 3 rings (SSSR count). The third-order valence-corrected chi connectivity index (χ3v) is 5.24. The molecule has 3 N–H and O–H groups in total. The molecule has 2 aliphatic heterocycles. The minimum Gasteiger partial charge on any atom is -0.375 e. The average Bonchev–Trinajstić information content (AvgIpc) is 3.13. The van der Waals surface area contributed by atoms with Gasteiger partial charge in [-0.2, -0.15) is 5.10 Å². The summed E-state index contributed by atoms with van der Waals surface area (Å²) < 4.78 is 7.83. The third-order valence-electron chi connectivity index (χ3n) is 4.80. The van der Waals surface area contributed by atoms with Gasteiger partial charge in [0.05, 0.1) is 28.6 Å². The van der Waals surface area contributed by atoms with Crippen molar-refractivity contribution < 1.29 is 4.74 Å². The SMILES string of the molecule is CCc1nn(C)c(CC(NN)C2CC3CCC2O3)c1Cl. The number of nitrogens with two attached hydrogens (primary N) is 1. The van der Waals surface area contributed by atoms with Crippen molar-refractivity contribution in [3.63, 3.8) is 0 Å². The highest BCUT2D eigenvalue weighted by atomic mass is 35.5. The zero-order valence-electron chi connectivity index (χ0n) is 12.1. The number of hydrogen-bond acceptors (Lipinski definition) is 4. The van der Waals surface area contributed by atoms with Crippen LogP contribution in [0.3, 0.4) is 0 Å². The van der Waals surface area contributed by atoms with Crippen molar-refractivity contribution in [2.45, 2.75) is 57.3 Å². The van der Waals surface area contributed by atoms with Crippen LogP contribution in [0.5, 0.6) is 0 Å². The number of aromatic nitrogens is 2. The van der Waals surface area contributed by atoms with Crippen LogP contribution in [0.25, 0.3) is 0 Å². The molecule has 1 aromatic heterocycles. The zero-order chi connectivity index (χ0) is 14.3. The van der Waals surface area contributed by atoms with Gasteiger partial charge in [-0.25, -0.2) is 0 Å². The normalized spacial score (nSPS) is 30.1. The molecule has 3 heterocycles. The largest absolute Gasteiger partial charge is 0.375 e. The zero-order valence-corrected chi connectivity index (χ0v) is 12.9. The van der Waals surface area contributed by atoms with E-state index in [1.54, 1.807) is 0 Å². The molecule has 5 nitrogen and oxygen atoms in total. The van der Waals surface area contributed by atoms with E-state index in [0.717, 1.165) is 42.1 Å². The van der Waals surface area contributed by atoms with Crippen molar-refractivity contribution in [1.82, 2.24) is 15.2 Å². The first-order valence-corrected chi connectivity index (χ1v) is 7.83. The van der Waals surface area contributed by atoms with Gasteiger partial charge in [-0.3, -0.25) is 16.0 Å². The quantitative estimate of drug-likeness (QED) is 0.640. The predicted molar refractivity (Wildman–Crippen MR) is 78.4 cm³/mol. The van der Waals surface area contributed by atoms with Gasteiger partial charge < -0.3 is 4.74 Å². The van der Waals surface area contributed by atoms with Gasteiger partial charge in [0, 0.05) is 25.4 Å². The average molecular weight is 299 g/mol. The molecule has 0 aliphatic carbocycles. The maximum atomic E-state index is 6.43. The van der Waals surface area contributed by atoms with E-state index in [-0.39, 0.29) is 6.04 Å². The lowest BCUT2D eigenvalue weighted by Crippen LogP contribution is -2.46. The van der Waals surface area contributed by atoms with Crippen LogP contribution in [-0.4, -0.2) is 28.0 Å². The third kappa shape index (κ3) is 2.37. The molecule has 4 unspecified atom stereocenters. The van der Waals surface area contributed by atoms with Gasteiger partial charge in [0.2, 0.25) is 0 Å². The molecule has 1 aromatic rings. The van der Waals surface area contributed by atoms with Crippen molar-refractivity contribution >= 4 is 11.6 Å². The topological polar surface area (TPSA) is 65.1 Å². The summed E-state index contributed by atoms with van der Waals surface area (Å²) in [5, 5.41) is 5.27. The van der Waals surface area contributed by atoms with E-state index in [9.17, 15) is 0 Å². The highest BCUT2D eigenvalue weighted by molar-refractivity contribution is 6.31. The van der Waals surface area contributed by atoms with Gasteiger partial charge in [0.25, 0.3) is 0 Å². The van der Waals surface area contributed by atoms with Gasteiger partial charge in [-0.15, -0.1) is 0 Å². The summed E-state index contributed by atoms with van der Waals surface area (Å²) in [5.41, 5.74) is 5.01. The molecule has 4 atom stereocenters. The standard InChI is InChI=1S/C14H23ClN4O/c1-3-10-14(15)12(19(2)18-10)7-11(17-16)9-6-8-4-5-13(9)20-8/h8-9,11,13,17H,3-7,16H2,1-2H3. The van der Waals surface area contributed by atoms with Crippen LogP contribution in [0, 0.1) is 5.92 Å². The van der Waals surface area contributed by atoms with Crippen molar-refractivity contribution in [3.8, 4) is 0 Å². The monoisotopic (exact) mass is 298 g/mol. The van der Waals surface area contributed by atoms with Crippen molar-refractivity contribution in [1.29, 1.82) is 0 Å². The minimum absolute atomic E-state index is 0.197. The van der Waals surface area contributed by atoms with Crippen LogP contribution in [0.15, 0.2) is 0 Å². The van der Waals surface area contributed by atoms with Gasteiger partial charge in [-0.1, -0.05) is 18.5 Å². The fourth-order valence-electron chi connectivity index (χ4n) is 3.68. The Morgan fingerprint density at radius 1 is 1.55 bits per heavy atom. The van der Waals surface area contributed by atoms with Crippen LogP contribution in [0.4, 0.5) is 0 Å². The number of hydrazine groups is 1. The predicted octanol–water partition coefficient (Wildman–Crippen LogP) is 1.58. The second kappa shape index (κ2) is 5.64. The molecule has 2 bridgehead atoms. The molecule has 112 valence electrons. The molecule has 2 saturated heterocycles. The summed E-state index contributed by atoms with van der Waals surface area (Å²) in [6, 6.07) is 0.197. The Kier molecular flexibility index (Phi) is 4.04. The number of hydrogen-bond donors (Lipinski definition) is 2. The second-order valence-corrected chi connectivity index (χ2v) is 6.31. The fraction of sp³-hybridized carbons (Fsp3) is 0.786. The number of rotatable bonds is 5. The summed E-state index contributed by atoms with van der Waals surface area (Å²) in [7, 11) is 1.95. The second-order valence-electron chi connectivity index (χ2n) is 5.94. The molecule has 0 saturated carbocycles. The molecule has 0 spiro atoms. The Balaban J connectivity index is 1.77. The first-order chi connectivity index (χ1) is 9.63. The summed E-state index contributed by atoms with van der Waals surface area (Å²) >= 11 is 6.43. The minimum atomic E-state index is 0.197. The van der Waals surface area contributed by atoms with E-state index in [1.165, 1.54) is 6.42 Å². The van der Waals surface area contributed by atoms with Crippen molar-refractivity contribution in [3.05, 3.63) is 16.4 Å². The first kappa shape index (κ1) is 14.3. The molecule has 0 radical (unpaired) electrons. The number of aryl methyl sites for hydroxylation is 2. The number of halogens is 1. The maximum Gasteiger partial charge on any atom is 0.0850 e. The Morgan fingerprint density at radius 3 is 2.85 bits per heavy atom. The molecule has 0 amide bonds. The highest BCUT2D eigenvalue weighted by Gasteiger charge is 2.44. The lowest BCUT2D eigenvalue weighted by molar-refractivity contribution is 0.0855. The van der Waals surface area contributed by atoms with E-state index in [2.05, 4.69) is 17.4 Å². The molecular formula is C14H23ClN4O. The smallest absolute Gasteiger partial charge is 0.0850 e. The van der Waals surface area contributed by atoms with E-state index >= 15 is 0 Å². The van der Waals surface area contributed by atoms with E-state index in [0.29, 0.717) is 18.1 Å². The van der Waals surface area contributed by atoms with Crippen LogP contribution < -0.4 is 11.3 Å². The molecule has 0 aromatic carbocycles. The van der Waals surface area contributed by atoms with Gasteiger partial charge in [0.1, 0.15) is 0 Å². The van der Waals surface area contributed by atoms with Crippen molar-refractivity contribution in [2.75, 3.05) is 0 Å². The summed E-state index contributed by atoms with van der Waals surface area (Å²) in [6.45, 7) is 2.07. The molecule has 20 heavy (non-hydrogen) atoms. The van der Waals surface area contributed by atoms with E-state index < -0.39 is 0 Å². The lowest BCUT2D eigenvalue weighted by atomic mass is 9.82. The Bertz CT molecular complexity index is 490. The van der Waals surface area contributed by atoms with Gasteiger partial charge in [-0.05, 0) is 25.7 Å². The lowest BCUT2D eigenvalue weighted by Gasteiger charge is -2.28. The summed E-state index contributed by atoms with van der Waals surface area (Å²) in [6.07, 6.45) is 5.92. The number of nitrogens with zero attached hydrogens (tertiary/aromatic N) is 2.